The van der Waals surface area contributed by atoms with Crippen molar-refractivity contribution >= 4 is 34.1 Å². The van der Waals surface area contributed by atoms with Gasteiger partial charge < -0.3 is 194 Å². The van der Waals surface area contributed by atoms with Crippen LogP contribution in [-0.2, 0) is 105 Å². The molecule has 0 aromatic rings. The minimum absolute atomic E-state index is 0.835. The number of rotatable bonds is 26. The van der Waals surface area contributed by atoms with Crippen molar-refractivity contribution in [1.29, 1.82) is 0 Å². The smallest absolute Gasteiger partial charge is 0.397 e. The highest BCUT2D eigenvalue weighted by molar-refractivity contribution is 7.80. The summed E-state index contributed by atoms with van der Waals surface area (Å²) < 4.78 is 125. The third-order valence-corrected chi connectivity index (χ3v) is 18.4. The predicted octanol–water partition coefficient (Wildman–Crippen LogP) is -17.1. The number of aliphatic carboxylic acids is 1. The van der Waals surface area contributed by atoms with Crippen molar-refractivity contribution in [2.24, 2.45) is 0 Å². The SMILES string of the molecule is CC(=O)N[C@H]1[C@@H](O[C@@H]2[C@H](O)[C@@H](O)[C@H](O[C@@H]3[C@H](O[C@@H]4O[C@H](CO)[C@H](O)[C@H](O[C@@H]5O[C@H](C(=O)O)[C@@H](O)[C@H](O)[C@H]5O)[C@H]4O)[C@@H](O[C@@H]4O[C@@H](C)[C@@H](O)[C@@H](O)[C@@H]4O)[C@H](O[C@H]4[C@@H](O)[C@@H](CO[C@@H]5O[C@H](COS(=O)(=O)O)[C@@H](O)[C@H](O)[C@H]5NC(C)=O)OC(O)[C@@H]4NC(C)=O)O[C@@H]3CO)O[C@@H]2CO)O[C@H](CO)[C@H](O)[C@@H]1O. The summed E-state index contributed by atoms with van der Waals surface area (Å²) >= 11 is 0. The van der Waals surface area contributed by atoms with Crippen molar-refractivity contribution in [3.63, 3.8) is 0 Å². The normalized spacial score (nSPS) is 48.2. The van der Waals surface area contributed by atoms with Crippen molar-refractivity contribution in [2.75, 3.05) is 39.6 Å². The number of carbonyl (C=O) groups excluding carboxylic acids is 3. The van der Waals surface area contributed by atoms with Crippen molar-refractivity contribution < 1.29 is 215 Å². The van der Waals surface area contributed by atoms with Crippen LogP contribution in [0.2, 0.25) is 0 Å². The number of aliphatic hydroxyl groups excluding tert-OH is 20. The van der Waals surface area contributed by atoms with Crippen LogP contribution in [0.15, 0.2) is 0 Å². The average molecular weight is 1520 g/mol. The van der Waals surface area contributed by atoms with Crippen LogP contribution < -0.4 is 16.0 Å². The molecule has 0 aromatic carbocycles. The number of amides is 3. The van der Waals surface area contributed by atoms with E-state index in [1.165, 1.54) is 0 Å². The summed E-state index contributed by atoms with van der Waals surface area (Å²) in [5.41, 5.74) is 0. The summed E-state index contributed by atoms with van der Waals surface area (Å²) in [6, 6.07) is -5.49. The van der Waals surface area contributed by atoms with Gasteiger partial charge in [-0.15, -0.1) is 0 Å². The first-order valence-electron chi connectivity index (χ1n) is 31.6. The fourth-order valence-corrected chi connectivity index (χ4v) is 12.9. The molecule has 1 unspecified atom stereocenters. The minimum Gasteiger partial charge on any atom is -0.479 e. The molecule has 25 N–H and O–H groups in total. The predicted molar refractivity (Wildman–Crippen MR) is 309 cm³/mol. The summed E-state index contributed by atoms with van der Waals surface area (Å²) in [4.78, 5) is 49.8. The lowest BCUT2D eigenvalue weighted by atomic mass is 9.93. The lowest BCUT2D eigenvalue weighted by molar-refractivity contribution is -0.420. The summed E-state index contributed by atoms with van der Waals surface area (Å²) in [6.45, 7) is -3.09. The van der Waals surface area contributed by atoms with Gasteiger partial charge in [0.1, 0.15) is 183 Å². The third-order valence-electron chi connectivity index (χ3n) is 18.0. The largest absolute Gasteiger partial charge is 0.479 e. The third kappa shape index (κ3) is 18.9. The molecule has 8 aliphatic rings. The van der Waals surface area contributed by atoms with Crippen molar-refractivity contribution in [1.82, 2.24) is 16.0 Å². The van der Waals surface area contributed by atoms with E-state index in [4.69, 9.17) is 71.1 Å². The quantitative estimate of drug-likeness (QED) is 0.0358. The monoisotopic (exact) mass is 1520 g/mol. The molecule has 102 heavy (non-hydrogen) atoms. The molecule has 47 nitrogen and oxygen atoms in total. The van der Waals surface area contributed by atoms with Crippen LogP contribution in [0.5, 0.6) is 0 Å². The van der Waals surface area contributed by atoms with Gasteiger partial charge in [-0.05, 0) is 6.92 Å². The fourth-order valence-electron chi connectivity index (χ4n) is 12.6. The molecule has 0 bridgehead atoms. The number of ether oxygens (including phenoxy) is 15. The Kier molecular flexibility index (Phi) is 29.3. The van der Waals surface area contributed by atoms with E-state index in [9.17, 15) is 139 Å². The van der Waals surface area contributed by atoms with Crippen LogP contribution in [0.1, 0.15) is 27.7 Å². The molecular weight excluding hydrogens is 1430 g/mol. The minimum atomic E-state index is -5.23. The maximum Gasteiger partial charge on any atom is 0.397 e. The van der Waals surface area contributed by atoms with Gasteiger partial charge in [-0.2, -0.15) is 8.42 Å². The summed E-state index contributed by atoms with van der Waals surface area (Å²) in [7, 11) is -5.23. The Morgan fingerprint density at radius 2 is 0.755 bits per heavy atom. The number of carbonyl (C=O) groups is 4. The first-order chi connectivity index (χ1) is 47.9. The van der Waals surface area contributed by atoms with Gasteiger partial charge in [-0.3, -0.25) is 18.9 Å². The average Bonchev–Trinajstić information content (AvgIpc) is 0.751. The first-order valence-corrected chi connectivity index (χ1v) is 33.0. The molecule has 8 aliphatic heterocycles. The van der Waals surface area contributed by atoms with E-state index in [-0.39, 0.29) is 0 Å². The Labute approximate surface area is 576 Å². The Morgan fingerprint density at radius 3 is 1.32 bits per heavy atom. The van der Waals surface area contributed by atoms with Gasteiger partial charge in [0.25, 0.3) is 0 Å². The number of hydrogen-bond donors (Lipinski definition) is 25. The van der Waals surface area contributed by atoms with Crippen LogP contribution >= 0.6 is 0 Å². The van der Waals surface area contributed by atoms with E-state index >= 15 is 0 Å². The number of nitrogens with one attached hydrogen (secondary N) is 3. The van der Waals surface area contributed by atoms with Crippen LogP contribution in [0.25, 0.3) is 0 Å². The lowest BCUT2D eigenvalue weighted by Crippen LogP contribution is -2.71. The van der Waals surface area contributed by atoms with Gasteiger partial charge in [0.2, 0.25) is 17.7 Å². The van der Waals surface area contributed by atoms with Gasteiger partial charge in [0.05, 0.1) is 45.7 Å². The second-order valence-electron chi connectivity index (χ2n) is 25.2. The molecule has 0 aliphatic carbocycles. The van der Waals surface area contributed by atoms with E-state index in [1.54, 1.807) is 0 Å². The van der Waals surface area contributed by atoms with Gasteiger partial charge in [0, 0.05) is 20.8 Å². The van der Waals surface area contributed by atoms with E-state index in [1.807, 2.05) is 0 Å². The standard InChI is InChI=1S/C54H89N3O44S/c1-11-24(65)31(72)35(76)50(88-11)101-45-44(100-53-38(79)42(27(68)16(6-59)91-53)98-52-36(77)32(73)33(74)43(99-52)46(80)81)40(96-51-37(78)34(75)39(17(7-60)92-51)95-49-22(56-13(3)63)30(71)25(66)15(5-58)90-49)18(8-61)93-54(45)97-41-23(57-14(4)64)47(82)89-19(28(41)69)9-86-48-21(55-12(2)62)29(70)26(67)20(94-48)10-87-102(83,84)85/h11,15-45,47-54,58-61,65-79,82H,5-10H2,1-4H3,(H,55,62)(H,56,63)(H,57,64)(H,80,81)(H,83,84,85)/t11-,15+,16+,17+,18+,19+,20+,21+,22+,23+,24+,25-,26+,27-,28-,29+,30+,31+,32-,33-,34+,35-,36+,37+,38+,39-,40-,41+,42-,43-,44-,45+,47?,48+,49+,50-,51-,52+,53-,54-/m0/s1. The fraction of sp³-hybridized carbons (Fsp3) is 0.926. The Balaban J connectivity index is 1.21. The molecule has 48 heteroatoms. The topological polar surface area (TPSA) is 731 Å². The van der Waals surface area contributed by atoms with Gasteiger partial charge >= 0.3 is 16.4 Å². The summed E-state index contributed by atoms with van der Waals surface area (Å²) in [5, 5.41) is 241. The molecular formula is C54H89N3O44S. The van der Waals surface area contributed by atoms with E-state index in [2.05, 4.69) is 20.1 Å². The molecule has 0 radical (unpaired) electrons. The number of hydrogen-bond acceptors (Lipinski definition) is 42. The van der Waals surface area contributed by atoms with Gasteiger partial charge in [-0.1, -0.05) is 0 Å². The number of carboxylic acid groups (broad SMARTS) is 1. The number of aliphatic hydroxyl groups is 20. The highest BCUT2D eigenvalue weighted by Crippen LogP contribution is 2.41. The highest BCUT2D eigenvalue weighted by atomic mass is 32.3. The van der Waals surface area contributed by atoms with Gasteiger partial charge in [0.15, 0.2) is 56.4 Å². The van der Waals surface area contributed by atoms with Crippen molar-refractivity contribution in [3.05, 3.63) is 0 Å². The first kappa shape index (κ1) is 84.0. The zero-order chi connectivity index (χ0) is 75.6. The van der Waals surface area contributed by atoms with E-state index in [0.717, 1.165) is 27.7 Å². The van der Waals surface area contributed by atoms with Crippen LogP contribution in [0.4, 0.5) is 0 Å². The second kappa shape index (κ2) is 35.6. The molecule has 0 saturated carbocycles. The van der Waals surface area contributed by atoms with Crippen LogP contribution in [0, 0.1) is 0 Å². The maximum atomic E-state index is 13.0. The molecule has 3 amide bonds. The maximum absolute atomic E-state index is 13.0. The Hall–Kier alpha value is -3.65. The zero-order valence-corrected chi connectivity index (χ0v) is 54.9. The molecule has 0 spiro atoms. The summed E-state index contributed by atoms with van der Waals surface area (Å²) in [5.74, 6) is -4.64. The molecule has 8 rings (SSSR count). The molecule has 40 atom stereocenters. The molecule has 590 valence electrons. The molecule has 0 aromatic heterocycles. The molecule has 8 saturated heterocycles. The lowest BCUT2D eigenvalue weighted by Gasteiger charge is -2.53. The number of carboxylic acids is 1. The second-order valence-corrected chi connectivity index (χ2v) is 26.3. The Bertz CT molecular complexity index is 2850. The zero-order valence-electron chi connectivity index (χ0n) is 54.1. The van der Waals surface area contributed by atoms with Crippen LogP contribution in [0.3, 0.4) is 0 Å². The summed E-state index contributed by atoms with van der Waals surface area (Å²) in [6.07, 6.45) is -81.7. The van der Waals surface area contributed by atoms with E-state index in [0.29, 0.717) is 0 Å². The van der Waals surface area contributed by atoms with E-state index < -0.39 is 319 Å². The Morgan fingerprint density at radius 1 is 0.353 bits per heavy atom. The van der Waals surface area contributed by atoms with Gasteiger partial charge in [-0.25, -0.2) is 8.98 Å². The van der Waals surface area contributed by atoms with Crippen LogP contribution in [-0.4, -0.2) is 429 Å². The highest BCUT2D eigenvalue weighted by Gasteiger charge is 2.61. The molecule has 8 fully saturated rings. The molecule has 8 heterocycles. The van der Waals surface area contributed by atoms with Crippen molar-refractivity contribution in [2.45, 2.75) is 273 Å². The van der Waals surface area contributed by atoms with Crippen molar-refractivity contribution in [3.8, 4) is 0 Å².